The van der Waals surface area contributed by atoms with E-state index in [0.717, 1.165) is 5.69 Å². The molecule has 0 aliphatic carbocycles. The van der Waals surface area contributed by atoms with Crippen molar-refractivity contribution in [1.82, 2.24) is 9.97 Å². The molecule has 0 bridgehead atoms. The number of benzene rings is 1. The van der Waals surface area contributed by atoms with Gasteiger partial charge >= 0.3 is 0 Å². The standard InChI is InChI=1S/C13H16N4O/c1-8(2)9-3-5-10(6-4-9)17-12-11(14)13(18)16-7-15-12/h3-8H,14H2,1-2H3,(H2,15,16,17,18). The predicted molar refractivity (Wildman–Crippen MR) is 73.1 cm³/mol. The second kappa shape index (κ2) is 4.91. The van der Waals surface area contributed by atoms with Crippen molar-refractivity contribution in [1.29, 1.82) is 0 Å². The van der Waals surface area contributed by atoms with E-state index in [1.54, 1.807) is 0 Å². The Kier molecular flexibility index (Phi) is 3.32. The molecule has 0 radical (unpaired) electrons. The number of nitrogen functional groups attached to an aromatic ring is 1. The number of aromatic amines is 1. The third-order valence-electron chi connectivity index (χ3n) is 2.73. The lowest BCUT2D eigenvalue weighted by atomic mass is 10.0. The second-order valence-corrected chi connectivity index (χ2v) is 4.40. The Bertz CT molecular complexity index is 587. The van der Waals surface area contributed by atoms with E-state index in [1.807, 2.05) is 24.3 Å². The van der Waals surface area contributed by atoms with Crippen LogP contribution in [0, 0.1) is 0 Å². The summed E-state index contributed by atoms with van der Waals surface area (Å²) in [7, 11) is 0. The van der Waals surface area contributed by atoms with Crippen molar-refractivity contribution in [2.24, 2.45) is 0 Å². The Hall–Kier alpha value is -2.30. The van der Waals surface area contributed by atoms with E-state index in [1.165, 1.54) is 11.9 Å². The van der Waals surface area contributed by atoms with E-state index < -0.39 is 0 Å². The van der Waals surface area contributed by atoms with E-state index in [-0.39, 0.29) is 11.2 Å². The molecule has 1 aromatic heterocycles. The van der Waals surface area contributed by atoms with Crippen molar-refractivity contribution in [3.05, 3.63) is 46.5 Å². The van der Waals surface area contributed by atoms with Crippen molar-refractivity contribution in [2.75, 3.05) is 11.1 Å². The van der Waals surface area contributed by atoms with Crippen LogP contribution in [-0.4, -0.2) is 9.97 Å². The number of hydrogen-bond acceptors (Lipinski definition) is 4. The number of rotatable bonds is 3. The minimum atomic E-state index is -0.341. The van der Waals surface area contributed by atoms with Gasteiger partial charge in [0.05, 0.1) is 6.33 Å². The monoisotopic (exact) mass is 244 g/mol. The maximum atomic E-state index is 11.3. The summed E-state index contributed by atoms with van der Waals surface area (Å²) in [5.41, 5.74) is 7.49. The van der Waals surface area contributed by atoms with Crippen molar-refractivity contribution in [2.45, 2.75) is 19.8 Å². The summed E-state index contributed by atoms with van der Waals surface area (Å²) < 4.78 is 0. The van der Waals surface area contributed by atoms with Crippen LogP contribution in [0.4, 0.5) is 17.2 Å². The first kappa shape index (κ1) is 12.2. The smallest absolute Gasteiger partial charge is 0.276 e. The van der Waals surface area contributed by atoms with E-state index in [0.29, 0.717) is 11.7 Å². The van der Waals surface area contributed by atoms with E-state index in [4.69, 9.17) is 5.73 Å². The summed E-state index contributed by atoms with van der Waals surface area (Å²) in [6, 6.07) is 7.96. The molecule has 0 aliphatic heterocycles. The van der Waals surface area contributed by atoms with Crippen molar-refractivity contribution < 1.29 is 0 Å². The molecular formula is C13H16N4O. The highest BCUT2D eigenvalue weighted by molar-refractivity contribution is 5.67. The van der Waals surface area contributed by atoms with Crippen LogP contribution in [0.2, 0.25) is 0 Å². The Balaban J connectivity index is 2.24. The minimum absolute atomic E-state index is 0.0884. The summed E-state index contributed by atoms with van der Waals surface area (Å²) in [4.78, 5) is 17.7. The van der Waals surface area contributed by atoms with Crippen molar-refractivity contribution in [3.63, 3.8) is 0 Å². The van der Waals surface area contributed by atoms with Crippen LogP contribution in [0.5, 0.6) is 0 Å². The fourth-order valence-electron chi connectivity index (χ4n) is 1.60. The first-order valence-electron chi connectivity index (χ1n) is 5.78. The molecule has 0 spiro atoms. The molecule has 0 saturated heterocycles. The molecule has 0 fully saturated rings. The Morgan fingerprint density at radius 2 is 1.94 bits per heavy atom. The number of nitrogens with zero attached hydrogens (tertiary/aromatic N) is 1. The van der Waals surface area contributed by atoms with Crippen LogP contribution < -0.4 is 16.6 Å². The Morgan fingerprint density at radius 3 is 2.56 bits per heavy atom. The highest BCUT2D eigenvalue weighted by Gasteiger charge is 2.05. The lowest BCUT2D eigenvalue weighted by molar-refractivity contribution is 0.867. The van der Waals surface area contributed by atoms with Gasteiger partial charge in [0.25, 0.3) is 5.56 Å². The molecule has 0 saturated carbocycles. The predicted octanol–water partition coefficient (Wildman–Crippen LogP) is 2.22. The van der Waals surface area contributed by atoms with Crippen LogP contribution in [0.25, 0.3) is 0 Å². The summed E-state index contributed by atoms with van der Waals surface area (Å²) in [6.45, 7) is 4.28. The summed E-state index contributed by atoms with van der Waals surface area (Å²) in [6.07, 6.45) is 1.32. The third kappa shape index (κ3) is 2.51. The fourth-order valence-corrected chi connectivity index (χ4v) is 1.60. The summed E-state index contributed by atoms with van der Waals surface area (Å²) >= 11 is 0. The lowest BCUT2D eigenvalue weighted by Gasteiger charge is -2.09. The topological polar surface area (TPSA) is 83.8 Å². The van der Waals surface area contributed by atoms with Crippen LogP contribution in [0.3, 0.4) is 0 Å². The SMILES string of the molecule is CC(C)c1ccc(Nc2nc[nH]c(=O)c2N)cc1. The zero-order valence-electron chi connectivity index (χ0n) is 10.4. The molecule has 2 aromatic rings. The van der Waals surface area contributed by atoms with Crippen molar-refractivity contribution in [3.8, 4) is 0 Å². The minimum Gasteiger partial charge on any atom is -0.391 e. The van der Waals surface area contributed by atoms with Gasteiger partial charge in [0.15, 0.2) is 5.82 Å². The maximum absolute atomic E-state index is 11.3. The molecule has 18 heavy (non-hydrogen) atoms. The third-order valence-corrected chi connectivity index (χ3v) is 2.73. The maximum Gasteiger partial charge on any atom is 0.276 e. The van der Waals surface area contributed by atoms with Gasteiger partial charge in [0.1, 0.15) is 5.69 Å². The van der Waals surface area contributed by atoms with Gasteiger partial charge in [0, 0.05) is 5.69 Å². The molecule has 1 heterocycles. The molecule has 0 unspecified atom stereocenters. The number of nitrogens with one attached hydrogen (secondary N) is 2. The highest BCUT2D eigenvalue weighted by atomic mass is 16.1. The molecule has 4 N–H and O–H groups in total. The van der Waals surface area contributed by atoms with Gasteiger partial charge in [-0.1, -0.05) is 26.0 Å². The van der Waals surface area contributed by atoms with Crippen molar-refractivity contribution >= 4 is 17.2 Å². The van der Waals surface area contributed by atoms with Gasteiger partial charge in [0.2, 0.25) is 0 Å². The number of H-pyrrole nitrogens is 1. The quantitative estimate of drug-likeness (QED) is 0.773. The average molecular weight is 244 g/mol. The normalized spacial score (nSPS) is 10.6. The number of anilines is 3. The molecule has 0 amide bonds. The summed E-state index contributed by atoms with van der Waals surface area (Å²) in [5, 5.41) is 3.02. The molecule has 94 valence electrons. The Morgan fingerprint density at radius 1 is 1.28 bits per heavy atom. The molecule has 1 aromatic carbocycles. The molecule has 0 aliphatic rings. The molecule has 0 atom stereocenters. The fraction of sp³-hybridized carbons (Fsp3) is 0.231. The lowest BCUT2D eigenvalue weighted by Crippen LogP contribution is -2.14. The van der Waals surface area contributed by atoms with Crippen LogP contribution in [-0.2, 0) is 0 Å². The molecular weight excluding hydrogens is 228 g/mol. The van der Waals surface area contributed by atoms with E-state index >= 15 is 0 Å². The molecule has 5 heteroatoms. The average Bonchev–Trinajstić information content (AvgIpc) is 2.36. The Labute approximate surface area is 105 Å². The largest absolute Gasteiger partial charge is 0.391 e. The first-order chi connectivity index (χ1) is 8.58. The summed E-state index contributed by atoms with van der Waals surface area (Å²) in [5.74, 6) is 0.859. The number of nitrogens with two attached hydrogens (primary N) is 1. The van der Waals surface area contributed by atoms with Gasteiger partial charge < -0.3 is 16.0 Å². The van der Waals surface area contributed by atoms with E-state index in [9.17, 15) is 4.79 Å². The van der Waals surface area contributed by atoms with Gasteiger partial charge in [-0.05, 0) is 23.6 Å². The number of aromatic nitrogens is 2. The zero-order chi connectivity index (χ0) is 13.1. The van der Waals surface area contributed by atoms with Crippen LogP contribution in [0.1, 0.15) is 25.3 Å². The van der Waals surface area contributed by atoms with Crippen LogP contribution in [0.15, 0.2) is 35.4 Å². The number of hydrogen-bond donors (Lipinski definition) is 3. The van der Waals surface area contributed by atoms with E-state index in [2.05, 4.69) is 29.1 Å². The van der Waals surface area contributed by atoms with Gasteiger partial charge in [-0.3, -0.25) is 4.79 Å². The second-order valence-electron chi connectivity index (χ2n) is 4.40. The first-order valence-corrected chi connectivity index (χ1v) is 5.78. The molecule has 5 nitrogen and oxygen atoms in total. The molecule has 2 rings (SSSR count). The zero-order valence-corrected chi connectivity index (χ0v) is 10.4. The van der Waals surface area contributed by atoms with Crippen LogP contribution >= 0.6 is 0 Å². The highest BCUT2D eigenvalue weighted by Crippen LogP contribution is 2.20. The van der Waals surface area contributed by atoms with Gasteiger partial charge in [-0.15, -0.1) is 0 Å². The van der Waals surface area contributed by atoms with Gasteiger partial charge in [-0.25, -0.2) is 4.98 Å². The van der Waals surface area contributed by atoms with Gasteiger partial charge in [-0.2, -0.15) is 0 Å².